The van der Waals surface area contributed by atoms with Gasteiger partial charge < -0.3 is 10.1 Å². The minimum atomic E-state index is -0.749. The molecule has 1 unspecified atom stereocenters. The quantitative estimate of drug-likeness (QED) is 0.479. The Balaban J connectivity index is 1.96. The molecule has 7 heteroatoms. The summed E-state index contributed by atoms with van der Waals surface area (Å²) in [5.41, 5.74) is 3.62. The van der Waals surface area contributed by atoms with Gasteiger partial charge in [0.2, 0.25) is 0 Å². The smallest absolute Gasteiger partial charge is 0.262 e. The first-order chi connectivity index (χ1) is 13.9. The van der Waals surface area contributed by atoms with E-state index in [-0.39, 0.29) is 5.92 Å². The van der Waals surface area contributed by atoms with E-state index in [2.05, 4.69) is 15.8 Å². The zero-order valence-corrected chi connectivity index (χ0v) is 17.6. The first-order valence-corrected chi connectivity index (χ1v) is 9.91. The minimum absolute atomic E-state index is 0.133. The summed E-state index contributed by atoms with van der Waals surface area (Å²) in [5, 5.41) is 7.05. The molecule has 0 fully saturated rings. The Kier molecular flexibility index (Phi) is 8.68. The number of hydrazone groups is 1. The molecule has 0 spiro atoms. The standard InChI is InChI=1S/C22H26ClN3O3/c1-4-13-29-17-11-9-16(10-12-17)14-24-26-22(28)20(15(2)3)25-21(27)18-7-5-6-8-19(18)23/h5-12,14-15,20H,4,13H2,1-3H3,(H,25,27)(H,26,28)/b24-14-. The number of hydrogen-bond acceptors (Lipinski definition) is 4. The predicted molar refractivity (Wildman–Crippen MR) is 116 cm³/mol. The molecule has 2 rings (SSSR count). The van der Waals surface area contributed by atoms with Gasteiger partial charge in [-0.1, -0.05) is 44.5 Å². The van der Waals surface area contributed by atoms with Gasteiger partial charge in [0.05, 0.1) is 23.4 Å². The zero-order valence-electron chi connectivity index (χ0n) is 16.8. The van der Waals surface area contributed by atoms with E-state index in [1.54, 1.807) is 24.3 Å². The van der Waals surface area contributed by atoms with E-state index >= 15 is 0 Å². The van der Waals surface area contributed by atoms with Gasteiger partial charge in [0, 0.05) is 0 Å². The van der Waals surface area contributed by atoms with E-state index in [0.717, 1.165) is 17.7 Å². The van der Waals surface area contributed by atoms with E-state index in [4.69, 9.17) is 16.3 Å². The second kappa shape index (κ2) is 11.2. The van der Waals surface area contributed by atoms with Crippen LogP contribution in [0.5, 0.6) is 5.75 Å². The van der Waals surface area contributed by atoms with Crippen LogP contribution in [0.1, 0.15) is 43.1 Å². The van der Waals surface area contributed by atoms with Crippen LogP contribution in [0.25, 0.3) is 0 Å². The molecule has 0 aliphatic carbocycles. The van der Waals surface area contributed by atoms with Crippen LogP contribution in [-0.2, 0) is 4.79 Å². The molecular weight excluding hydrogens is 390 g/mol. The van der Waals surface area contributed by atoms with Crippen molar-refractivity contribution in [2.75, 3.05) is 6.61 Å². The van der Waals surface area contributed by atoms with Crippen molar-refractivity contribution in [2.45, 2.75) is 33.2 Å². The largest absolute Gasteiger partial charge is 0.494 e. The summed E-state index contributed by atoms with van der Waals surface area (Å²) in [6.07, 6.45) is 2.48. The Hall–Kier alpha value is -2.86. The lowest BCUT2D eigenvalue weighted by Gasteiger charge is -2.20. The van der Waals surface area contributed by atoms with Gasteiger partial charge in [0.25, 0.3) is 11.8 Å². The number of amides is 2. The monoisotopic (exact) mass is 415 g/mol. The van der Waals surface area contributed by atoms with Crippen LogP contribution < -0.4 is 15.5 Å². The number of ether oxygens (including phenoxy) is 1. The lowest BCUT2D eigenvalue weighted by Crippen LogP contribution is -2.48. The van der Waals surface area contributed by atoms with Crippen molar-refractivity contribution in [1.29, 1.82) is 0 Å². The molecule has 1 atom stereocenters. The molecule has 0 saturated heterocycles. The second-order valence-electron chi connectivity index (χ2n) is 6.83. The Morgan fingerprint density at radius 2 is 1.83 bits per heavy atom. The summed E-state index contributed by atoms with van der Waals surface area (Å²) in [4.78, 5) is 25.0. The molecule has 154 valence electrons. The topological polar surface area (TPSA) is 79.8 Å². The Bertz CT molecular complexity index is 851. The fraction of sp³-hybridized carbons (Fsp3) is 0.318. The average Bonchev–Trinajstić information content (AvgIpc) is 2.71. The van der Waals surface area contributed by atoms with Crippen LogP contribution in [0.15, 0.2) is 53.6 Å². The normalized spacial score (nSPS) is 12.0. The van der Waals surface area contributed by atoms with Crippen molar-refractivity contribution in [3.63, 3.8) is 0 Å². The van der Waals surface area contributed by atoms with Gasteiger partial charge >= 0.3 is 0 Å². The average molecular weight is 416 g/mol. The van der Waals surface area contributed by atoms with Gasteiger partial charge in [-0.3, -0.25) is 9.59 Å². The highest BCUT2D eigenvalue weighted by Crippen LogP contribution is 2.15. The summed E-state index contributed by atoms with van der Waals surface area (Å²) in [7, 11) is 0. The van der Waals surface area contributed by atoms with Gasteiger partial charge in [-0.2, -0.15) is 5.10 Å². The van der Waals surface area contributed by atoms with Gasteiger partial charge in [0.1, 0.15) is 11.8 Å². The van der Waals surface area contributed by atoms with Crippen molar-refractivity contribution >= 4 is 29.6 Å². The van der Waals surface area contributed by atoms with Gasteiger partial charge in [-0.15, -0.1) is 0 Å². The SMILES string of the molecule is CCCOc1ccc(/C=N\NC(=O)C(NC(=O)c2ccccc2Cl)C(C)C)cc1. The van der Waals surface area contributed by atoms with Crippen LogP contribution in [0, 0.1) is 5.92 Å². The molecule has 2 N–H and O–H groups in total. The third-order valence-corrected chi connectivity index (χ3v) is 4.43. The first kappa shape index (κ1) is 22.4. The van der Waals surface area contributed by atoms with E-state index in [1.807, 2.05) is 45.0 Å². The second-order valence-corrected chi connectivity index (χ2v) is 7.23. The number of nitrogens with zero attached hydrogens (tertiary/aromatic N) is 1. The predicted octanol–water partition coefficient (Wildman–Crippen LogP) is 4.03. The number of halogens is 1. The third kappa shape index (κ3) is 6.91. The third-order valence-electron chi connectivity index (χ3n) is 4.10. The highest BCUT2D eigenvalue weighted by molar-refractivity contribution is 6.33. The lowest BCUT2D eigenvalue weighted by atomic mass is 10.0. The van der Waals surface area contributed by atoms with Crippen LogP contribution in [0.4, 0.5) is 0 Å². The zero-order chi connectivity index (χ0) is 21.2. The number of carbonyl (C=O) groups excluding carboxylic acids is 2. The molecule has 0 radical (unpaired) electrons. The summed E-state index contributed by atoms with van der Waals surface area (Å²) in [6.45, 7) is 6.40. The van der Waals surface area contributed by atoms with E-state index in [9.17, 15) is 9.59 Å². The lowest BCUT2D eigenvalue weighted by molar-refractivity contribution is -0.123. The molecule has 6 nitrogen and oxygen atoms in total. The van der Waals surface area contributed by atoms with E-state index in [1.165, 1.54) is 6.21 Å². The van der Waals surface area contributed by atoms with Gasteiger partial charge in [-0.05, 0) is 54.3 Å². The first-order valence-electron chi connectivity index (χ1n) is 9.53. The summed E-state index contributed by atoms with van der Waals surface area (Å²) in [6, 6.07) is 13.3. The van der Waals surface area contributed by atoms with Crippen LogP contribution in [0.2, 0.25) is 5.02 Å². The van der Waals surface area contributed by atoms with Gasteiger partial charge in [0.15, 0.2) is 0 Å². The van der Waals surface area contributed by atoms with E-state index in [0.29, 0.717) is 17.2 Å². The van der Waals surface area contributed by atoms with Crippen LogP contribution in [0.3, 0.4) is 0 Å². The van der Waals surface area contributed by atoms with Gasteiger partial charge in [-0.25, -0.2) is 5.43 Å². The van der Waals surface area contributed by atoms with Crippen molar-refractivity contribution < 1.29 is 14.3 Å². The summed E-state index contributed by atoms with van der Waals surface area (Å²) in [5.74, 6) is -0.155. The maximum Gasteiger partial charge on any atom is 0.262 e. The number of nitrogens with one attached hydrogen (secondary N) is 2. The minimum Gasteiger partial charge on any atom is -0.494 e. The van der Waals surface area contributed by atoms with Crippen LogP contribution >= 0.6 is 11.6 Å². The molecule has 0 bridgehead atoms. The molecule has 0 aromatic heterocycles. The highest BCUT2D eigenvalue weighted by Gasteiger charge is 2.25. The maximum absolute atomic E-state index is 12.5. The summed E-state index contributed by atoms with van der Waals surface area (Å²) < 4.78 is 5.53. The fourth-order valence-electron chi connectivity index (χ4n) is 2.51. The van der Waals surface area contributed by atoms with Crippen LogP contribution in [-0.4, -0.2) is 30.7 Å². The molecule has 2 aromatic carbocycles. The highest BCUT2D eigenvalue weighted by atomic mass is 35.5. The van der Waals surface area contributed by atoms with Crippen molar-refractivity contribution in [3.8, 4) is 5.75 Å². The molecule has 0 aliphatic heterocycles. The maximum atomic E-state index is 12.5. The summed E-state index contributed by atoms with van der Waals surface area (Å²) >= 11 is 6.06. The Morgan fingerprint density at radius 3 is 2.45 bits per heavy atom. The molecule has 0 saturated carbocycles. The van der Waals surface area contributed by atoms with E-state index < -0.39 is 17.9 Å². The molecule has 29 heavy (non-hydrogen) atoms. The Morgan fingerprint density at radius 1 is 1.14 bits per heavy atom. The Labute approximate surface area is 176 Å². The molecule has 0 heterocycles. The molecule has 2 aromatic rings. The molecule has 0 aliphatic rings. The number of carbonyl (C=O) groups is 2. The fourth-order valence-corrected chi connectivity index (χ4v) is 2.73. The number of benzene rings is 2. The molecular formula is C22H26ClN3O3. The van der Waals surface area contributed by atoms with Crippen molar-refractivity contribution in [1.82, 2.24) is 10.7 Å². The number of hydrogen-bond donors (Lipinski definition) is 2. The number of rotatable bonds is 9. The molecule has 2 amide bonds. The van der Waals surface area contributed by atoms with Crippen molar-refractivity contribution in [2.24, 2.45) is 11.0 Å². The van der Waals surface area contributed by atoms with Crippen molar-refractivity contribution in [3.05, 3.63) is 64.7 Å².